The Hall–Kier alpha value is -1.00. The molecule has 19 heavy (non-hydrogen) atoms. The van der Waals surface area contributed by atoms with E-state index in [1.165, 1.54) is 12.8 Å². The number of halogens is 2. The van der Waals surface area contributed by atoms with Crippen molar-refractivity contribution < 1.29 is 8.78 Å². The average Bonchev–Trinajstić information content (AvgIpc) is 2.42. The Labute approximate surface area is 113 Å². The maximum Gasteiger partial charge on any atom is 0.162 e. The molecule has 0 aliphatic heterocycles. The van der Waals surface area contributed by atoms with Crippen molar-refractivity contribution in [3.63, 3.8) is 0 Å². The second-order valence-corrected chi connectivity index (χ2v) is 5.71. The zero-order chi connectivity index (χ0) is 13.8. The normalized spacial score (nSPS) is 25.3. The van der Waals surface area contributed by atoms with Gasteiger partial charge in [-0.05, 0) is 42.7 Å². The highest BCUT2D eigenvalue weighted by atomic mass is 19.2. The third kappa shape index (κ3) is 3.51. The molecule has 1 saturated carbocycles. The Bertz CT molecular complexity index is 415. The van der Waals surface area contributed by atoms with E-state index in [2.05, 4.69) is 12.3 Å². The van der Waals surface area contributed by atoms with Gasteiger partial charge in [-0.2, -0.15) is 0 Å². The standard InChI is InChI=1S/C15H22F2N2/c1-10-5-7-11(8-6-10)14(19-18)9-12-3-2-4-13(16)15(12)17/h2-4,10-11,14,19H,5-9,18H2,1H3. The second kappa shape index (κ2) is 6.44. The monoisotopic (exact) mass is 268 g/mol. The van der Waals surface area contributed by atoms with Gasteiger partial charge in [0, 0.05) is 6.04 Å². The van der Waals surface area contributed by atoms with Gasteiger partial charge in [-0.3, -0.25) is 11.3 Å². The van der Waals surface area contributed by atoms with Crippen LogP contribution in [0.25, 0.3) is 0 Å². The largest absolute Gasteiger partial charge is 0.271 e. The summed E-state index contributed by atoms with van der Waals surface area (Å²) in [5, 5.41) is 0. The zero-order valence-electron chi connectivity index (χ0n) is 11.3. The van der Waals surface area contributed by atoms with Gasteiger partial charge in [-0.15, -0.1) is 0 Å². The Morgan fingerprint density at radius 2 is 1.95 bits per heavy atom. The van der Waals surface area contributed by atoms with Gasteiger partial charge >= 0.3 is 0 Å². The fourth-order valence-corrected chi connectivity index (χ4v) is 2.99. The van der Waals surface area contributed by atoms with Crippen LogP contribution in [0.2, 0.25) is 0 Å². The number of benzene rings is 1. The van der Waals surface area contributed by atoms with Crippen molar-refractivity contribution in [2.75, 3.05) is 0 Å². The van der Waals surface area contributed by atoms with Gasteiger partial charge in [-0.1, -0.05) is 31.9 Å². The lowest BCUT2D eigenvalue weighted by molar-refractivity contribution is 0.228. The van der Waals surface area contributed by atoms with E-state index < -0.39 is 11.6 Å². The molecule has 0 saturated heterocycles. The van der Waals surface area contributed by atoms with Crippen molar-refractivity contribution in [2.45, 2.75) is 45.1 Å². The molecular weight excluding hydrogens is 246 g/mol. The zero-order valence-corrected chi connectivity index (χ0v) is 11.3. The predicted octanol–water partition coefficient (Wildman–Crippen LogP) is 3.17. The summed E-state index contributed by atoms with van der Waals surface area (Å²) < 4.78 is 26.9. The van der Waals surface area contributed by atoms with Gasteiger partial charge in [0.1, 0.15) is 0 Å². The molecule has 0 aromatic heterocycles. The molecule has 1 unspecified atom stereocenters. The lowest BCUT2D eigenvalue weighted by atomic mass is 9.78. The fraction of sp³-hybridized carbons (Fsp3) is 0.600. The summed E-state index contributed by atoms with van der Waals surface area (Å²) in [6.07, 6.45) is 5.03. The molecule has 1 atom stereocenters. The summed E-state index contributed by atoms with van der Waals surface area (Å²) in [5.74, 6) is 5.29. The Kier molecular flexibility index (Phi) is 4.88. The smallest absolute Gasteiger partial charge is 0.162 e. The number of hydrazine groups is 1. The number of nitrogens with one attached hydrogen (secondary N) is 1. The van der Waals surface area contributed by atoms with Crippen LogP contribution < -0.4 is 11.3 Å². The molecule has 4 heteroatoms. The number of nitrogens with two attached hydrogens (primary N) is 1. The molecule has 0 amide bonds. The SMILES string of the molecule is CC1CCC(C(Cc2cccc(F)c2F)NN)CC1. The minimum Gasteiger partial charge on any atom is -0.271 e. The van der Waals surface area contributed by atoms with Crippen LogP contribution in [0.3, 0.4) is 0 Å². The summed E-state index contributed by atoms with van der Waals surface area (Å²) in [4.78, 5) is 0. The Balaban J connectivity index is 2.04. The lowest BCUT2D eigenvalue weighted by Gasteiger charge is -2.32. The van der Waals surface area contributed by atoms with Crippen molar-refractivity contribution in [3.05, 3.63) is 35.4 Å². The Morgan fingerprint density at radius 3 is 2.58 bits per heavy atom. The fourth-order valence-electron chi connectivity index (χ4n) is 2.99. The first kappa shape index (κ1) is 14.4. The molecule has 0 heterocycles. The molecule has 1 aliphatic carbocycles. The highest BCUT2D eigenvalue weighted by Crippen LogP contribution is 2.31. The van der Waals surface area contributed by atoms with Crippen LogP contribution in [0.15, 0.2) is 18.2 Å². The van der Waals surface area contributed by atoms with E-state index in [-0.39, 0.29) is 6.04 Å². The summed E-state index contributed by atoms with van der Waals surface area (Å²) in [7, 11) is 0. The van der Waals surface area contributed by atoms with Gasteiger partial charge in [0.15, 0.2) is 11.6 Å². The van der Waals surface area contributed by atoms with E-state index in [9.17, 15) is 8.78 Å². The molecule has 0 radical (unpaired) electrons. The molecule has 1 aromatic carbocycles. The summed E-state index contributed by atoms with van der Waals surface area (Å²) in [6.45, 7) is 2.26. The first-order valence-corrected chi connectivity index (χ1v) is 7.00. The third-order valence-electron chi connectivity index (χ3n) is 4.32. The van der Waals surface area contributed by atoms with Crippen LogP contribution in [0.1, 0.15) is 38.2 Å². The maximum absolute atomic E-state index is 13.7. The van der Waals surface area contributed by atoms with Crippen LogP contribution in [0.5, 0.6) is 0 Å². The van der Waals surface area contributed by atoms with Gasteiger partial charge in [0.2, 0.25) is 0 Å². The van der Waals surface area contributed by atoms with Gasteiger partial charge < -0.3 is 0 Å². The van der Waals surface area contributed by atoms with Crippen molar-refractivity contribution in [1.29, 1.82) is 0 Å². The minimum absolute atomic E-state index is 0.0174. The van der Waals surface area contributed by atoms with Gasteiger partial charge in [-0.25, -0.2) is 8.78 Å². The van der Waals surface area contributed by atoms with Crippen molar-refractivity contribution in [1.82, 2.24) is 5.43 Å². The molecule has 1 aromatic rings. The maximum atomic E-state index is 13.7. The number of hydrogen-bond donors (Lipinski definition) is 2. The second-order valence-electron chi connectivity index (χ2n) is 5.71. The number of rotatable bonds is 4. The van der Waals surface area contributed by atoms with E-state index in [0.717, 1.165) is 24.8 Å². The number of hydrogen-bond acceptors (Lipinski definition) is 2. The first-order chi connectivity index (χ1) is 9.11. The van der Waals surface area contributed by atoms with E-state index in [0.29, 0.717) is 17.9 Å². The van der Waals surface area contributed by atoms with E-state index >= 15 is 0 Å². The Morgan fingerprint density at radius 1 is 1.26 bits per heavy atom. The van der Waals surface area contributed by atoms with Crippen LogP contribution in [-0.2, 0) is 6.42 Å². The molecule has 0 bridgehead atoms. The van der Waals surface area contributed by atoms with Gasteiger partial charge in [0.25, 0.3) is 0 Å². The molecule has 0 spiro atoms. The van der Waals surface area contributed by atoms with E-state index in [4.69, 9.17) is 5.84 Å². The van der Waals surface area contributed by atoms with Crippen LogP contribution in [0.4, 0.5) is 8.78 Å². The summed E-state index contributed by atoms with van der Waals surface area (Å²) in [5.41, 5.74) is 3.20. The van der Waals surface area contributed by atoms with Crippen LogP contribution in [0, 0.1) is 23.5 Å². The lowest BCUT2D eigenvalue weighted by Crippen LogP contribution is -2.43. The predicted molar refractivity (Wildman–Crippen MR) is 72.3 cm³/mol. The van der Waals surface area contributed by atoms with Gasteiger partial charge in [0.05, 0.1) is 0 Å². The van der Waals surface area contributed by atoms with Crippen molar-refractivity contribution in [3.8, 4) is 0 Å². The van der Waals surface area contributed by atoms with E-state index in [1.807, 2.05) is 0 Å². The third-order valence-corrected chi connectivity index (χ3v) is 4.32. The van der Waals surface area contributed by atoms with Crippen molar-refractivity contribution in [2.24, 2.45) is 17.7 Å². The average molecular weight is 268 g/mol. The highest BCUT2D eigenvalue weighted by Gasteiger charge is 2.26. The quantitative estimate of drug-likeness (QED) is 0.650. The first-order valence-electron chi connectivity index (χ1n) is 7.00. The molecule has 1 fully saturated rings. The van der Waals surface area contributed by atoms with Crippen LogP contribution in [-0.4, -0.2) is 6.04 Å². The highest BCUT2D eigenvalue weighted by molar-refractivity contribution is 5.20. The van der Waals surface area contributed by atoms with Crippen LogP contribution >= 0.6 is 0 Å². The molecule has 1 aliphatic rings. The molecule has 2 nitrogen and oxygen atoms in total. The minimum atomic E-state index is -0.787. The van der Waals surface area contributed by atoms with Crippen molar-refractivity contribution >= 4 is 0 Å². The molecule has 2 rings (SSSR count). The summed E-state index contributed by atoms with van der Waals surface area (Å²) in [6, 6.07) is 4.34. The topological polar surface area (TPSA) is 38.0 Å². The summed E-state index contributed by atoms with van der Waals surface area (Å²) >= 11 is 0. The molecular formula is C15H22F2N2. The molecule has 106 valence electrons. The molecule has 3 N–H and O–H groups in total. The van der Waals surface area contributed by atoms with E-state index in [1.54, 1.807) is 12.1 Å².